The second-order valence-corrected chi connectivity index (χ2v) is 5.42. The number of anilines is 1. The van der Waals surface area contributed by atoms with Crippen LogP contribution in [0.3, 0.4) is 0 Å². The van der Waals surface area contributed by atoms with Crippen LogP contribution in [-0.4, -0.2) is 26.8 Å². The third-order valence-corrected chi connectivity index (χ3v) is 3.86. The number of hydrogen-bond donors (Lipinski definition) is 2. The summed E-state index contributed by atoms with van der Waals surface area (Å²) in [5.74, 6) is -2.84. The van der Waals surface area contributed by atoms with E-state index in [0.717, 1.165) is 35.2 Å². The van der Waals surface area contributed by atoms with Crippen molar-refractivity contribution in [1.29, 1.82) is 0 Å². The van der Waals surface area contributed by atoms with Crippen LogP contribution in [0.25, 0.3) is 0 Å². The van der Waals surface area contributed by atoms with Gasteiger partial charge in [-0.15, -0.1) is 0 Å². The number of carbonyl (C=O) groups excluding carboxylic acids is 1. The van der Waals surface area contributed by atoms with Gasteiger partial charge < -0.3 is 10.4 Å². The number of hydrogen-bond acceptors (Lipinski definition) is 3. The van der Waals surface area contributed by atoms with Gasteiger partial charge in [-0.3, -0.25) is 9.48 Å². The highest BCUT2D eigenvalue weighted by atomic mass is 19.1. The Kier molecular flexibility index (Phi) is 4.49. The van der Waals surface area contributed by atoms with Crippen molar-refractivity contribution in [2.24, 2.45) is 7.05 Å². The molecule has 0 aliphatic carbocycles. The monoisotopic (exact) mass is 319 g/mol. The van der Waals surface area contributed by atoms with Gasteiger partial charge in [0.25, 0.3) is 0 Å². The Balaban J connectivity index is 2.28. The number of nitrogens with one attached hydrogen (secondary N) is 1. The molecule has 0 unspecified atom stereocenters. The van der Waals surface area contributed by atoms with E-state index in [4.69, 9.17) is 5.11 Å². The molecule has 23 heavy (non-hydrogen) atoms. The third kappa shape index (κ3) is 3.23. The highest BCUT2D eigenvalue weighted by Crippen LogP contribution is 2.25. The van der Waals surface area contributed by atoms with Crippen molar-refractivity contribution in [3.63, 3.8) is 0 Å². The number of rotatable bonds is 4. The van der Waals surface area contributed by atoms with E-state index in [2.05, 4.69) is 10.4 Å². The van der Waals surface area contributed by atoms with Crippen molar-refractivity contribution in [1.82, 2.24) is 9.78 Å². The molecule has 0 aliphatic rings. The van der Waals surface area contributed by atoms with Crippen molar-refractivity contribution < 1.29 is 19.1 Å². The van der Waals surface area contributed by atoms with Crippen molar-refractivity contribution in [2.45, 2.75) is 26.7 Å². The quantitative estimate of drug-likeness (QED) is 0.907. The number of aryl methyl sites for hydroxylation is 2. The smallest absolute Gasteiger partial charge is 0.335 e. The minimum absolute atomic E-state index is 0.0944. The zero-order valence-corrected chi connectivity index (χ0v) is 13.3. The Morgan fingerprint density at radius 2 is 2.00 bits per heavy atom. The summed E-state index contributed by atoms with van der Waals surface area (Å²) in [7, 11) is 1.78. The summed E-state index contributed by atoms with van der Waals surface area (Å²) in [6.45, 7) is 5.35. The first-order chi connectivity index (χ1) is 10.7. The number of carboxylic acids is 1. The second kappa shape index (κ2) is 6.20. The molecule has 2 N–H and O–H groups in total. The van der Waals surface area contributed by atoms with E-state index in [1.807, 2.05) is 6.92 Å². The fraction of sp³-hybridized carbons (Fsp3) is 0.312. The average Bonchev–Trinajstić information content (AvgIpc) is 2.73. The fourth-order valence-corrected chi connectivity index (χ4v) is 2.54. The molecule has 1 heterocycles. The van der Waals surface area contributed by atoms with Crippen LogP contribution in [0.5, 0.6) is 0 Å². The summed E-state index contributed by atoms with van der Waals surface area (Å²) < 4.78 is 15.5. The molecule has 1 aromatic carbocycles. The molecule has 6 nitrogen and oxygen atoms in total. The molecule has 0 saturated heterocycles. The van der Waals surface area contributed by atoms with Gasteiger partial charge in [0.05, 0.1) is 22.9 Å². The molecule has 1 atom stereocenters. The molecule has 0 saturated carbocycles. The van der Waals surface area contributed by atoms with Gasteiger partial charge in [-0.1, -0.05) is 0 Å². The van der Waals surface area contributed by atoms with Crippen LogP contribution in [0.1, 0.15) is 40.2 Å². The van der Waals surface area contributed by atoms with E-state index in [-0.39, 0.29) is 11.3 Å². The average molecular weight is 319 g/mol. The number of nitrogens with zero attached hydrogens (tertiary/aromatic N) is 2. The topological polar surface area (TPSA) is 84.2 Å². The Bertz CT molecular complexity index is 783. The fourth-order valence-electron chi connectivity index (χ4n) is 2.54. The zero-order valence-electron chi connectivity index (χ0n) is 13.3. The molecule has 0 radical (unpaired) electrons. The molecule has 122 valence electrons. The van der Waals surface area contributed by atoms with Crippen molar-refractivity contribution in [3.05, 3.63) is 46.5 Å². The summed E-state index contributed by atoms with van der Waals surface area (Å²) in [4.78, 5) is 23.3. The number of carboxylic acid groups (broad SMARTS) is 1. The standard InChI is InChI=1S/C16H18FN3O3/c1-8(14-9(2)19-20(4)10(14)3)15(21)18-13-7-11(16(22)23)5-6-12(13)17/h5-8H,1-4H3,(H,18,21)(H,22,23)/t8-/m0/s1. The van der Waals surface area contributed by atoms with Crippen LogP contribution in [0.15, 0.2) is 18.2 Å². The summed E-state index contributed by atoms with van der Waals surface area (Å²) in [6, 6.07) is 3.27. The van der Waals surface area contributed by atoms with Gasteiger partial charge in [-0.2, -0.15) is 5.10 Å². The lowest BCUT2D eigenvalue weighted by molar-refractivity contribution is -0.117. The Morgan fingerprint density at radius 1 is 1.35 bits per heavy atom. The summed E-state index contributed by atoms with van der Waals surface area (Å²) in [5, 5.41) is 15.7. The molecule has 7 heteroatoms. The Hall–Kier alpha value is -2.70. The predicted octanol–water partition coefficient (Wildman–Crippen LogP) is 2.62. The van der Waals surface area contributed by atoms with E-state index in [1.165, 1.54) is 0 Å². The summed E-state index contributed by atoms with van der Waals surface area (Å²) in [6.07, 6.45) is 0. The largest absolute Gasteiger partial charge is 0.478 e. The van der Waals surface area contributed by atoms with Crippen LogP contribution < -0.4 is 5.32 Å². The lowest BCUT2D eigenvalue weighted by Crippen LogP contribution is -2.21. The van der Waals surface area contributed by atoms with Gasteiger partial charge in [0.2, 0.25) is 5.91 Å². The lowest BCUT2D eigenvalue weighted by Gasteiger charge is -2.14. The maximum Gasteiger partial charge on any atom is 0.335 e. The number of aromatic carboxylic acids is 1. The van der Waals surface area contributed by atoms with Crippen LogP contribution in [0.2, 0.25) is 0 Å². The zero-order chi connectivity index (χ0) is 17.3. The maximum absolute atomic E-state index is 13.8. The number of carbonyl (C=O) groups is 2. The minimum atomic E-state index is -1.19. The van der Waals surface area contributed by atoms with Crippen molar-refractivity contribution >= 4 is 17.6 Å². The molecule has 0 bridgehead atoms. The van der Waals surface area contributed by atoms with Gasteiger partial charge >= 0.3 is 5.97 Å². The van der Waals surface area contributed by atoms with Gasteiger partial charge in [0, 0.05) is 18.3 Å². The van der Waals surface area contributed by atoms with E-state index in [0.29, 0.717) is 0 Å². The van der Waals surface area contributed by atoms with Gasteiger partial charge in [0.15, 0.2) is 0 Å². The minimum Gasteiger partial charge on any atom is -0.478 e. The van der Waals surface area contributed by atoms with Crippen molar-refractivity contribution in [3.8, 4) is 0 Å². The molecular formula is C16H18FN3O3. The highest BCUT2D eigenvalue weighted by Gasteiger charge is 2.23. The Morgan fingerprint density at radius 3 is 2.52 bits per heavy atom. The normalized spacial score (nSPS) is 12.0. The van der Waals surface area contributed by atoms with Crippen molar-refractivity contribution in [2.75, 3.05) is 5.32 Å². The van der Waals surface area contributed by atoms with Crippen LogP contribution >= 0.6 is 0 Å². The van der Waals surface area contributed by atoms with Gasteiger partial charge in [-0.25, -0.2) is 9.18 Å². The van der Waals surface area contributed by atoms with Crippen LogP contribution in [0.4, 0.5) is 10.1 Å². The summed E-state index contributed by atoms with van der Waals surface area (Å²) >= 11 is 0. The first-order valence-electron chi connectivity index (χ1n) is 7.06. The SMILES string of the molecule is Cc1nn(C)c(C)c1[C@H](C)C(=O)Nc1cc(C(=O)O)ccc1F. The third-order valence-electron chi connectivity index (χ3n) is 3.86. The molecule has 2 aromatic rings. The van der Waals surface area contributed by atoms with Gasteiger partial charge in [-0.05, 0) is 39.0 Å². The highest BCUT2D eigenvalue weighted by molar-refractivity contribution is 5.97. The predicted molar refractivity (Wildman–Crippen MR) is 83.1 cm³/mol. The number of amides is 1. The molecule has 0 spiro atoms. The lowest BCUT2D eigenvalue weighted by atomic mass is 9.98. The molecular weight excluding hydrogens is 301 g/mol. The summed E-state index contributed by atoms with van der Waals surface area (Å²) in [5.41, 5.74) is 2.11. The van der Waals surface area contributed by atoms with Crippen LogP contribution in [-0.2, 0) is 11.8 Å². The first-order valence-corrected chi connectivity index (χ1v) is 7.06. The molecule has 1 aromatic heterocycles. The van der Waals surface area contributed by atoms with E-state index in [9.17, 15) is 14.0 Å². The maximum atomic E-state index is 13.8. The first kappa shape index (κ1) is 16.7. The number of benzene rings is 1. The molecule has 1 amide bonds. The molecule has 2 rings (SSSR count). The molecule has 0 aliphatic heterocycles. The number of aromatic nitrogens is 2. The van der Waals surface area contributed by atoms with Gasteiger partial charge in [0.1, 0.15) is 5.82 Å². The number of halogens is 1. The second-order valence-electron chi connectivity index (χ2n) is 5.42. The Labute approximate surface area is 132 Å². The van der Waals surface area contributed by atoms with E-state index in [1.54, 1.807) is 25.6 Å². The molecule has 0 fully saturated rings. The van der Waals surface area contributed by atoms with Crippen LogP contribution in [0, 0.1) is 19.7 Å². The van der Waals surface area contributed by atoms with E-state index < -0.39 is 23.6 Å². The van der Waals surface area contributed by atoms with E-state index >= 15 is 0 Å².